The summed E-state index contributed by atoms with van der Waals surface area (Å²) in [6.07, 6.45) is 6.39. The predicted octanol–water partition coefficient (Wildman–Crippen LogP) is 2.53. The van der Waals surface area contributed by atoms with Crippen LogP contribution in [0.15, 0.2) is 40.9 Å². The zero-order chi connectivity index (χ0) is 18.4. The number of nitrogens with zero attached hydrogens (tertiary/aromatic N) is 5. The third kappa shape index (κ3) is 3.19. The van der Waals surface area contributed by atoms with Gasteiger partial charge in [0.2, 0.25) is 0 Å². The third-order valence-electron chi connectivity index (χ3n) is 4.97. The molecule has 0 N–H and O–H groups in total. The average Bonchev–Trinajstić information content (AvgIpc) is 3.32. The standard InChI is InChI=1S/C18H19N5O2S2/c24-27(25,17-6-5-15(26-17)14-2-1-8-19-12-14)22-9-7-16-20-18(13-3-4-13)21-23(16)11-10-22/h1-2,5-6,8,12-13H,3-4,7,9-11H2. The van der Waals surface area contributed by atoms with Crippen molar-refractivity contribution in [1.29, 1.82) is 0 Å². The number of aromatic nitrogens is 4. The predicted molar refractivity (Wildman–Crippen MR) is 102 cm³/mol. The van der Waals surface area contributed by atoms with Crippen molar-refractivity contribution in [3.63, 3.8) is 0 Å². The van der Waals surface area contributed by atoms with E-state index in [0.717, 1.165) is 22.1 Å². The molecule has 1 fully saturated rings. The molecule has 9 heteroatoms. The second-order valence-electron chi connectivity index (χ2n) is 6.90. The van der Waals surface area contributed by atoms with Crippen LogP contribution in [0.25, 0.3) is 10.4 Å². The van der Waals surface area contributed by atoms with E-state index in [0.29, 0.717) is 36.2 Å². The fourth-order valence-electron chi connectivity index (χ4n) is 3.30. The maximum Gasteiger partial charge on any atom is 0.252 e. The Labute approximate surface area is 161 Å². The summed E-state index contributed by atoms with van der Waals surface area (Å²) in [5, 5.41) is 4.59. The van der Waals surface area contributed by atoms with Crippen molar-refractivity contribution in [3.05, 3.63) is 48.3 Å². The Bertz CT molecular complexity index is 1040. The number of sulfonamides is 1. The molecular formula is C18H19N5O2S2. The second kappa shape index (κ2) is 6.50. The molecule has 3 aromatic rings. The van der Waals surface area contributed by atoms with Gasteiger partial charge in [-0.2, -0.15) is 9.40 Å². The Kier molecular flexibility index (Phi) is 4.10. The highest BCUT2D eigenvalue weighted by molar-refractivity contribution is 7.91. The van der Waals surface area contributed by atoms with Crippen LogP contribution >= 0.6 is 11.3 Å². The van der Waals surface area contributed by atoms with Crippen molar-refractivity contribution in [2.45, 2.75) is 35.9 Å². The molecule has 27 heavy (non-hydrogen) atoms. The van der Waals surface area contributed by atoms with E-state index in [9.17, 15) is 8.42 Å². The van der Waals surface area contributed by atoms with Crippen LogP contribution < -0.4 is 0 Å². The number of hydrogen-bond acceptors (Lipinski definition) is 6. The number of thiophene rings is 1. The summed E-state index contributed by atoms with van der Waals surface area (Å²) in [7, 11) is -3.52. The Balaban J connectivity index is 1.36. The topological polar surface area (TPSA) is 81.0 Å². The lowest BCUT2D eigenvalue weighted by molar-refractivity contribution is 0.409. The summed E-state index contributed by atoms with van der Waals surface area (Å²) in [4.78, 5) is 9.64. The highest BCUT2D eigenvalue weighted by atomic mass is 32.2. The highest BCUT2D eigenvalue weighted by Gasteiger charge is 2.32. The summed E-state index contributed by atoms with van der Waals surface area (Å²) >= 11 is 1.29. The second-order valence-corrected chi connectivity index (χ2v) is 10.1. The molecular weight excluding hydrogens is 382 g/mol. The summed E-state index contributed by atoms with van der Waals surface area (Å²) in [6.45, 7) is 1.41. The minimum atomic E-state index is -3.52. The van der Waals surface area contributed by atoms with Crippen LogP contribution in [-0.2, 0) is 23.0 Å². The molecule has 0 bridgehead atoms. The van der Waals surface area contributed by atoms with Gasteiger partial charge in [0.15, 0.2) is 5.82 Å². The van der Waals surface area contributed by atoms with Crippen LogP contribution in [0.5, 0.6) is 0 Å². The molecule has 4 heterocycles. The molecule has 1 aliphatic heterocycles. The van der Waals surface area contributed by atoms with Crippen molar-refractivity contribution in [1.82, 2.24) is 24.1 Å². The van der Waals surface area contributed by atoms with E-state index in [2.05, 4.69) is 15.1 Å². The van der Waals surface area contributed by atoms with E-state index in [4.69, 9.17) is 0 Å². The van der Waals surface area contributed by atoms with Gasteiger partial charge in [0.25, 0.3) is 10.0 Å². The molecule has 140 valence electrons. The van der Waals surface area contributed by atoms with Crippen molar-refractivity contribution < 1.29 is 8.42 Å². The van der Waals surface area contributed by atoms with Crippen LogP contribution in [0.3, 0.4) is 0 Å². The van der Waals surface area contributed by atoms with E-state index in [-0.39, 0.29) is 0 Å². The quantitative estimate of drug-likeness (QED) is 0.671. The van der Waals surface area contributed by atoms with Crippen molar-refractivity contribution >= 4 is 21.4 Å². The average molecular weight is 402 g/mol. The van der Waals surface area contributed by atoms with Crippen molar-refractivity contribution in [2.75, 3.05) is 13.1 Å². The molecule has 1 aliphatic carbocycles. The largest absolute Gasteiger partial charge is 0.264 e. The Hall–Kier alpha value is -2.10. The molecule has 1 saturated carbocycles. The van der Waals surface area contributed by atoms with E-state index >= 15 is 0 Å². The molecule has 0 unspecified atom stereocenters. The van der Waals surface area contributed by atoms with Crippen LogP contribution in [0, 0.1) is 0 Å². The van der Waals surface area contributed by atoms with Gasteiger partial charge in [-0.1, -0.05) is 6.07 Å². The maximum atomic E-state index is 13.1. The molecule has 0 radical (unpaired) electrons. The van der Waals surface area contributed by atoms with Gasteiger partial charge < -0.3 is 0 Å². The fraction of sp³-hybridized carbons (Fsp3) is 0.389. The van der Waals surface area contributed by atoms with Crippen LogP contribution in [0.4, 0.5) is 0 Å². The van der Waals surface area contributed by atoms with Gasteiger partial charge in [0.05, 0.1) is 6.54 Å². The fourth-order valence-corrected chi connectivity index (χ4v) is 6.19. The molecule has 0 amide bonds. The Morgan fingerprint density at radius 2 is 2.00 bits per heavy atom. The maximum absolute atomic E-state index is 13.1. The zero-order valence-electron chi connectivity index (χ0n) is 14.7. The Morgan fingerprint density at radius 3 is 2.78 bits per heavy atom. The van der Waals surface area contributed by atoms with Gasteiger partial charge in [-0.25, -0.2) is 18.1 Å². The number of hydrogen-bond donors (Lipinski definition) is 0. The van der Waals surface area contributed by atoms with Gasteiger partial charge in [0, 0.05) is 48.3 Å². The van der Waals surface area contributed by atoms with Gasteiger partial charge in [-0.15, -0.1) is 11.3 Å². The number of pyridine rings is 1. The summed E-state index contributed by atoms with van der Waals surface area (Å²) in [6, 6.07) is 7.32. The highest BCUT2D eigenvalue weighted by Crippen LogP contribution is 2.38. The lowest BCUT2D eigenvalue weighted by atomic mass is 10.2. The third-order valence-corrected chi connectivity index (χ3v) is 8.48. The first-order chi connectivity index (χ1) is 13.1. The van der Waals surface area contributed by atoms with Gasteiger partial charge in [0.1, 0.15) is 10.0 Å². The smallest absolute Gasteiger partial charge is 0.252 e. The SMILES string of the molecule is O=S(=O)(c1ccc(-c2cccnc2)s1)N1CCc2nc(C3CC3)nn2CC1. The first kappa shape index (κ1) is 17.0. The van der Waals surface area contributed by atoms with Gasteiger partial charge >= 0.3 is 0 Å². The zero-order valence-corrected chi connectivity index (χ0v) is 16.3. The minimum absolute atomic E-state index is 0.368. The van der Waals surface area contributed by atoms with Crippen LogP contribution in [-0.4, -0.2) is 45.6 Å². The molecule has 0 atom stereocenters. The molecule has 0 spiro atoms. The first-order valence-corrected chi connectivity index (χ1v) is 11.3. The number of fused-ring (bicyclic) bond motifs is 1. The summed E-state index contributed by atoms with van der Waals surface area (Å²) < 4.78 is 30.0. The van der Waals surface area contributed by atoms with E-state index in [1.54, 1.807) is 22.8 Å². The number of rotatable bonds is 4. The van der Waals surface area contributed by atoms with Crippen molar-refractivity contribution in [2.24, 2.45) is 0 Å². The monoisotopic (exact) mass is 401 g/mol. The van der Waals surface area contributed by atoms with E-state index < -0.39 is 10.0 Å². The summed E-state index contributed by atoms with van der Waals surface area (Å²) in [5.41, 5.74) is 0.928. The van der Waals surface area contributed by atoms with Crippen molar-refractivity contribution in [3.8, 4) is 10.4 Å². The molecule has 7 nitrogen and oxygen atoms in total. The van der Waals surface area contributed by atoms with Crippen LogP contribution in [0.2, 0.25) is 0 Å². The lowest BCUT2D eigenvalue weighted by Crippen LogP contribution is -2.33. The first-order valence-electron chi connectivity index (χ1n) is 9.05. The van der Waals surface area contributed by atoms with E-state index in [1.165, 1.54) is 24.2 Å². The minimum Gasteiger partial charge on any atom is -0.264 e. The van der Waals surface area contributed by atoms with Gasteiger partial charge in [-0.05, 0) is 31.0 Å². The molecule has 0 saturated heterocycles. The molecule has 2 aliphatic rings. The Morgan fingerprint density at radius 1 is 1.11 bits per heavy atom. The normalized spacial score (nSPS) is 18.2. The lowest BCUT2D eigenvalue weighted by Gasteiger charge is -2.18. The van der Waals surface area contributed by atoms with E-state index in [1.807, 2.05) is 22.9 Å². The molecule has 3 aromatic heterocycles. The molecule has 5 rings (SSSR count). The van der Waals surface area contributed by atoms with Gasteiger partial charge in [-0.3, -0.25) is 4.98 Å². The van der Waals surface area contributed by atoms with Crippen LogP contribution in [0.1, 0.15) is 30.4 Å². The summed E-state index contributed by atoms with van der Waals surface area (Å²) in [5.74, 6) is 2.35. The molecule has 0 aromatic carbocycles.